The van der Waals surface area contributed by atoms with Crippen molar-refractivity contribution in [2.24, 2.45) is 0 Å². The van der Waals surface area contributed by atoms with E-state index >= 15 is 0 Å². The van der Waals surface area contributed by atoms with Crippen molar-refractivity contribution in [2.75, 3.05) is 7.11 Å². The van der Waals surface area contributed by atoms with Crippen LogP contribution in [0.3, 0.4) is 0 Å². The van der Waals surface area contributed by atoms with Gasteiger partial charge in [0.25, 0.3) is 5.56 Å². The number of aromatic amines is 1. The van der Waals surface area contributed by atoms with Crippen LogP contribution in [0.4, 0.5) is 0 Å². The standard InChI is InChI=1S/C16H16N2O2S/c1-4-12-17-15(19)14-13(9(2)21-16(14)18-12)10-6-5-7-11(8-10)20-3/h5-8H,4H2,1-3H3,(H,17,18,19). The van der Waals surface area contributed by atoms with E-state index in [0.29, 0.717) is 5.39 Å². The molecule has 108 valence electrons. The number of ether oxygens (including phenoxy) is 1. The summed E-state index contributed by atoms with van der Waals surface area (Å²) in [5.41, 5.74) is 1.86. The first-order chi connectivity index (χ1) is 10.1. The number of nitrogens with one attached hydrogen (secondary N) is 1. The number of hydrogen-bond acceptors (Lipinski definition) is 4. The van der Waals surface area contributed by atoms with Gasteiger partial charge in [-0.3, -0.25) is 4.79 Å². The van der Waals surface area contributed by atoms with Gasteiger partial charge in [0.2, 0.25) is 0 Å². The SMILES string of the molecule is CCc1nc2sc(C)c(-c3cccc(OC)c3)c2c(=O)[nH]1. The number of aryl methyl sites for hydroxylation is 2. The molecule has 3 rings (SSSR count). The maximum absolute atomic E-state index is 12.4. The van der Waals surface area contributed by atoms with Crippen LogP contribution in [0.2, 0.25) is 0 Å². The first kappa shape index (κ1) is 13.8. The summed E-state index contributed by atoms with van der Waals surface area (Å²) in [6.45, 7) is 4.00. The van der Waals surface area contributed by atoms with Crippen molar-refractivity contribution in [1.82, 2.24) is 9.97 Å². The third-order valence-electron chi connectivity index (χ3n) is 3.48. The van der Waals surface area contributed by atoms with Crippen molar-refractivity contribution in [3.05, 3.63) is 45.3 Å². The minimum atomic E-state index is -0.0704. The van der Waals surface area contributed by atoms with Gasteiger partial charge in [-0.15, -0.1) is 11.3 Å². The molecule has 3 aromatic rings. The molecule has 0 bridgehead atoms. The number of methoxy groups -OCH3 is 1. The lowest BCUT2D eigenvalue weighted by atomic mass is 10.0. The fraction of sp³-hybridized carbons (Fsp3) is 0.250. The molecule has 2 aromatic heterocycles. The second kappa shape index (κ2) is 5.33. The van der Waals surface area contributed by atoms with Crippen molar-refractivity contribution in [3.8, 4) is 16.9 Å². The summed E-state index contributed by atoms with van der Waals surface area (Å²) in [7, 11) is 1.64. The Hall–Kier alpha value is -2.14. The zero-order valence-electron chi connectivity index (χ0n) is 12.2. The Bertz CT molecular complexity index is 864. The quantitative estimate of drug-likeness (QED) is 0.805. The van der Waals surface area contributed by atoms with E-state index in [0.717, 1.165) is 38.8 Å². The van der Waals surface area contributed by atoms with Crippen LogP contribution in [-0.4, -0.2) is 17.1 Å². The van der Waals surface area contributed by atoms with Gasteiger partial charge in [-0.2, -0.15) is 0 Å². The highest BCUT2D eigenvalue weighted by molar-refractivity contribution is 7.19. The fourth-order valence-corrected chi connectivity index (χ4v) is 3.52. The Morgan fingerprint density at radius 2 is 2.19 bits per heavy atom. The van der Waals surface area contributed by atoms with Gasteiger partial charge in [0, 0.05) is 16.9 Å². The Labute approximate surface area is 126 Å². The van der Waals surface area contributed by atoms with Crippen molar-refractivity contribution in [3.63, 3.8) is 0 Å². The number of hydrogen-bond donors (Lipinski definition) is 1. The van der Waals surface area contributed by atoms with Gasteiger partial charge >= 0.3 is 0 Å². The Morgan fingerprint density at radius 1 is 1.38 bits per heavy atom. The summed E-state index contributed by atoms with van der Waals surface area (Å²) >= 11 is 1.56. The topological polar surface area (TPSA) is 55.0 Å². The lowest BCUT2D eigenvalue weighted by molar-refractivity contribution is 0.415. The van der Waals surface area contributed by atoms with Gasteiger partial charge in [-0.1, -0.05) is 19.1 Å². The van der Waals surface area contributed by atoms with E-state index in [1.165, 1.54) is 0 Å². The Balaban J connectivity index is 2.32. The zero-order chi connectivity index (χ0) is 15.0. The molecule has 1 N–H and O–H groups in total. The Kier molecular flexibility index (Phi) is 3.51. The largest absolute Gasteiger partial charge is 0.497 e. The number of rotatable bonds is 3. The number of aromatic nitrogens is 2. The van der Waals surface area contributed by atoms with Crippen molar-refractivity contribution in [2.45, 2.75) is 20.3 Å². The summed E-state index contributed by atoms with van der Waals surface area (Å²) in [5.74, 6) is 1.51. The molecule has 4 nitrogen and oxygen atoms in total. The molecular weight excluding hydrogens is 284 g/mol. The Morgan fingerprint density at radius 3 is 2.90 bits per heavy atom. The number of H-pyrrole nitrogens is 1. The molecule has 21 heavy (non-hydrogen) atoms. The molecular formula is C16H16N2O2S. The zero-order valence-corrected chi connectivity index (χ0v) is 13.0. The lowest BCUT2D eigenvalue weighted by Gasteiger charge is -2.05. The normalized spacial score (nSPS) is 11.0. The third-order valence-corrected chi connectivity index (χ3v) is 4.48. The van der Waals surface area contributed by atoms with Crippen molar-refractivity contribution < 1.29 is 4.74 Å². The lowest BCUT2D eigenvalue weighted by Crippen LogP contribution is -2.10. The van der Waals surface area contributed by atoms with Crippen LogP contribution in [-0.2, 0) is 6.42 Å². The number of fused-ring (bicyclic) bond motifs is 1. The second-order valence-electron chi connectivity index (χ2n) is 4.81. The molecule has 0 fully saturated rings. The van der Waals surface area contributed by atoms with E-state index in [1.54, 1.807) is 18.4 Å². The van der Waals surface area contributed by atoms with Gasteiger partial charge in [0.1, 0.15) is 16.4 Å². The van der Waals surface area contributed by atoms with Crippen LogP contribution in [0.5, 0.6) is 5.75 Å². The maximum atomic E-state index is 12.4. The van der Waals surface area contributed by atoms with Crippen LogP contribution in [0.25, 0.3) is 21.3 Å². The minimum Gasteiger partial charge on any atom is -0.497 e. The predicted octanol–water partition coefficient (Wildman–Crippen LogP) is 3.53. The molecule has 0 atom stereocenters. The molecule has 0 radical (unpaired) electrons. The molecule has 2 heterocycles. The molecule has 0 aliphatic rings. The highest BCUT2D eigenvalue weighted by atomic mass is 32.1. The van der Waals surface area contributed by atoms with Gasteiger partial charge in [0.15, 0.2) is 0 Å². The van der Waals surface area contributed by atoms with E-state index in [-0.39, 0.29) is 5.56 Å². The number of benzene rings is 1. The highest BCUT2D eigenvalue weighted by Crippen LogP contribution is 2.36. The van der Waals surface area contributed by atoms with Gasteiger partial charge in [-0.05, 0) is 24.6 Å². The molecule has 0 aliphatic heterocycles. The van der Waals surface area contributed by atoms with Gasteiger partial charge in [-0.25, -0.2) is 4.98 Å². The first-order valence-corrected chi connectivity index (χ1v) is 7.62. The third kappa shape index (κ3) is 2.34. The smallest absolute Gasteiger partial charge is 0.260 e. The second-order valence-corrected chi connectivity index (χ2v) is 6.01. The van der Waals surface area contributed by atoms with E-state index in [4.69, 9.17) is 4.74 Å². The van der Waals surface area contributed by atoms with Gasteiger partial charge < -0.3 is 9.72 Å². The monoisotopic (exact) mass is 300 g/mol. The maximum Gasteiger partial charge on any atom is 0.260 e. The fourth-order valence-electron chi connectivity index (χ4n) is 2.46. The first-order valence-electron chi connectivity index (χ1n) is 6.80. The molecule has 1 aromatic carbocycles. The van der Waals surface area contributed by atoms with Crippen molar-refractivity contribution in [1.29, 1.82) is 0 Å². The molecule has 0 saturated carbocycles. The summed E-state index contributed by atoms with van der Waals surface area (Å²) in [4.78, 5) is 21.7. The molecule has 0 aliphatic carbocycles. The van der Waals surface area contributed by atoms with Crippen LogP contribution >= 0.6 is 11.3 Å². The molecule has 5 heteroatoms. The van der Waals surface area contributed by atoms with E-state index in [2.05, 4.69) is 9.97 Å². The molecule has 0 amide bonds. The summed E-state index contributed by atoms with van der Waals surface area (Å²) in [6.07, 6.45) is 0.719. The summed E-state index contributed by atoms with van der Waals surface area (Å²) < 4.78 is 5.27. The molecule has 0 spiro atoms. The number of thiophene rings is 1. The highest BCUT2D eigenvalue weighted by Gasteiger charge is 2.16. The van der Waals surface area contributed by atoms with Crippen molar-refractivity contribution >= 4 is 21.6 Å². The van der Waals surface area contributed by atoms with Crippen LogP contribution in [0.1, 0.15) is 17.6 Å². The average Bonchev–Trinajstić information content (AvgIpc) is 2.83. The minimum absolute atomic E-state index is 0.0704. The van der Waals surface area contributed by atoms with Crippen LogP contribution in [0, 0.1) is 6.92 Å². The average molecular weight is 300 g/mol. The number of nitrogens with zero attached hydrogens (tertiary/aromatic N) is 1. The summed E-state index contributed by atoms with van der Waals surface area (Å²) in [6, 6.07) is 7.76. The van der Waals surface area contributed by atoms with Gasteiger partial charge in [0.05, 0.1) is 12.5 Å². The molecule has 0 unspecified atom stereocenters. The molecule has 0 saturated heterocycles. The van der Waals surface area contributed by atoms with Crippen LogP contribution in [0.15, 0.2) is 29.1 Å². The predicted molar refractivity (Wildman–Crippen MR) is 86.3 cm³/mol. The van der Waals surface area contributed by atoms with E-state index in [1.807, 2.05) is 38.1 Å². The summed E-state index contributed by atoms with van der Waals surface area (Å²) in [5, 5.41) is 0.669. The van der Waals surface area contributed by atoms with E-state index < -0.39 is 0 Å². The van der Waals surface area contributed by atoms with E-state index in [9.17, 15) is 4.79 Å². The van der Waals surface area contributed by atoms with Crippen LogP contribution < -0.4 is 10.3 Å².